The van der Waals surface area contributed by atoms with Gasteiger partial charge in [-0.2, -0.15) is 0 Å². The summed E-state index contributed by atoms with van der Waals surface area (Å²) < 4.78 is 3.25. The predicted octanol–water partition coefficient (Wildman–Crippen LogP) is 9.10. The summed E-state index contributed by atoms with van der Waals surface area (Å²) in [5, 5.41) is 11.4. The van der Waals surface area contributed by atoms with E-state index in [-0.39, 0.29) is 0 Å². The minimum absolute atomic E-state index is 0.431. The second-order valence-electron chi connectivity index (χ2n) is 9.13. The fraction of sp³-hybridized carbons (Fsp3) is 0.194. The molecule has 0 heterocycles. The van der Waals surface area contributed by atoms with E-state index >= 15 is 0 Å². The van der Waals surface area contributed by atoms with Gasteiger partial charge in [0.1, 0.15) is 0 Å². The van der Waals surface area contributed by atoms with Crippen LogP contribution < -0.4 is 0 Å². The maximum atomic E-state index is 10.8. The van der Waals surface area contributed by atoms with Gasteiger partial charge in [0.15, 0.2) is 0 Å². The van der Waals surface area contributed by atoms with E-state index in [1.165, 1.54) is 16.7 Å². The molecular weight excluding hydrogens is 629 g/mol. The molecule has 0 bridgehead atoms. The molecule has 0 aliphatic heterocycles. The van der Waals surface area contributed by atoms with Gasteiger partial charge in [-0.05, 0) is 31.9 Å². The second-order valence-corrected chi connectivity index (χ2v) is 17.7. The molecule has 0 atom stereocenters. The zero-order valence-electron chi connectivity index (χ0n) is 21.2. The summed E-state index contributed by atoms with van der Waals surface area (Å²) in [6.07, 6.45) is 0. The monoisotopic (exact) mass is 659 g/mol. The van der Waals surface area contributed by atoms with E-state index in [1.807, 2.05) is 69.3 Å². The van der Waals surface area contributed by atoms with Crippen LogP contribution in [-0.4, -0.2) is 30.8 Å². The summed E-state index contributed by atoms with van der Waals surface area (Å²) in [5.41, 5.74) is 6.95. The van der Waals surface area contributed by atoms with Crippen molar-refractivity contribution in [2.75, 3.05) is 0 Å². The molecule has 0 amide bonds. The van der Waals surface area contributed by atoms with Crippen LogP contribution in [0.3, 0.4) is 0 Å². The van der Waals surface area contributed by atoms with Crippen molar-refractivity contribution in [3.8, 4) is 0 Å². The maximum absolute atomic E-state index is 10.8. The number of hydrogen-bond donors (Lipinski definition) is 1. The molecule has 0 aliphatic carbocycles. The number of rotatable bonds is 7. The molecule has 0 unspecified atom stereocenters. The van der Waals surface area contributed by atoms with Crippen molar-refractivity contribution in [2.24, 2.45) is 0 Å². The van der Waals surface area contributed by atoms with Crippen molar-refractivity contribution in [1.82, 2.24) is 0 Å². The zero-order chi connectivity index (χ0) is 26.9. The molecule has 37 heavy (non-hydrogen) atoms. The Bertz CT molecular complexity index is 1230. The zero-order valence-corrected chi connectivity index (χ0v) is 26.3. The molecule has 2 nitrogen and oxygen atoms in total. The summed E-state index contributed by atoms with van der Waals surface area (Å²) in [4.78, 5) is 10.8. The number of carboxylic acid groups (broad SMARTS) is 1. The Morgan fingerprint density at radius 3 is 1.27 bits per heavy atom. The first kappa shape index (κ1) is 29.6. The number of hydrogen-bond acceptors (Lipinski definition) is 1. The van der Waals surface area contributed by atoms with Gasteiger partial charge in [-0.3, -0.25) is 0 Å². The molecule has 0 saturated carbocycles. The summed E-state index contributed by atoms with van der Waals surface area (Å²) in [6.45, 7) is 5.61. The molecule has 191 valence electrons. The second kappa shape index (κ2) is 14.2. The molecule has 1 N–H and O–H groups in total. The molecule has 0 aromatic heterocycles. The summed E-state index contributed by atoms with van der Waals surface area (Å²) in [7, 11) is 0. The SMILES string of the molecule is Cc1cc(C)c(C(=O)O)c(C)c1.Clc1ccccc1[CH2][Sn]([CH2]c1ccccc1Cl)[CH2]c1ccccc1Cl. The third kappa shape index (κ3) is 8.78. The van der Waals surface area contributed by atoms with Gasteiger partial charge in [-0.15, -0.1) is 0 Å². The summed E-state index contributed by atoms with van der Waals surface area (Å²) >= 11 is 17.3. The number of halogens is 3. The van der Waals surface area contributed by atoms with Crippen molar-refractivity contribution in [3.05, 3.63) is 139 Å². The standard InChI is InChI=1S/C10H12O2.3C7H6Cl.Sn/c1-6-4-7(2)9(10(11)12)8(3)5-6;3*1-6-4-2-3-5-7(6)8;/h4-5H,1-3H3,(H,11,12);3*2-5H,1H2;. The quantitative estimate of drug-likeness (QED) is 0.201. The van der Waals surface area contributed by atoms with Crippen LogP contribution >= 0.6 is 34.8 Å². The van der Waals surface area contributed by atoms with Crippen LogP contribution in [0, 0.1) is 20.8 Å². The molecule has 4 rings (SSSR count). The average molecular weight is 660 g/mol. The Kier molecular flexibility index (Phi) is 11.4. The van der Waals surface area contributed by atoms with E-state index in [0.29, 0.717) is 5.56 Å². The van der Waals surface area contributed by atoms with E-state index in [1.54, 1.807) is 0 Å². The molecule has 0 saturated heterocycles. The van der Waals surface area contributed by atoms with Gasteiger partial charge in [-0.1, -0.05) is 17.7 Å². The molecular formula is C31H30Cl3O2Sn. The van der Waals surface area contributed by atoms with E-state index < -0.39 is 25.7 Å². The third-order valence-corrected chi connectivity index (χ3v) is 14.7. The first-order valence-corrected chi connectivity index (χ1v) is 19.2. The van der Waals surface area contributed by atoms with Crippen LogP contribution in [0.5, 0.6) is 0 Å². The Labute approximate surface area is 242 Å². The van der Waals surface area contributed by atoms with E-state index in [2.05, 4.69) is 36.4 Å². The van der Waals surface area contributed by atoms with Crippen LogP contribution in [0.25, 0.3) is 0 Å². The number of benzene rings is 4. The molecule has 0 fully saturated rings. The van der Waals surface area contributed by atoms with E-state index in [4.69, 9.17) is 39.9 Å². The van der Waals surface area contributed by atoms with Crippen molar-refractivity contribution >= 4 is 60.5 Å². The van der Waals surface area contributed by atoms with Gasteiger partial charge in [0.05, 0.1) is 5.56 Å². The van der Waals surface area contributed by atoms with Gasteiger partial charge in [-0.25, -0.2) is 4.79 Å². The van der Waals surface area contributed by atoms with Crippen LogP contribution in [-0.2, 0) is 13.3 Å². The van der Waals surface area contributed by atoms with Gasteiger partial charge in [0.25, 0.3) is 0 Å². The van der Waals surface area contributed by atoms with Crippen LogP contribution in [0.4, 0.5) is 0 Å². The molecule has 6 heteroatoms. The molecule has 0 aliphatic rings. The van der Waals surface area contributed by atoms with Crippen LogP contribution in [0.15, 0.2) is 84.9 Å². The average Bonchev–Trinajstić information content (AvgIpc) is 2.83. The van der Waals surface area contributed by atoms with Gasteiger partial charge in [0, 0.05) is 0 Å². The van der Waals surface area contributed by atoms with E-state index in [0.717, 1.165) is 45.1 Å². The van der Waals surface area contributed by atoms with Gasteiger partial charge >= 0.3 is 178 Å². The number of aromatic carboxylic acids is 1. The Balaban J connectivity index is 0.000000266. The predicted molar refractivity (Wildman–Crippen MR) is 159 cm³/mol. The van der Waals surface area contributed by atoms with Crippen molar-refractivity contribution in [2.45, 2.75) is 34.1 Å². The first-order chi connectivity index (χ1) is 17.7. The topological polar surface area (TPSA) is 37.3 Å². The first-order valence-electron chi connectivity index (χ1n) is 12.0. The fourth-order valence-electron chi connectivity index (χ4n) is 4.44. The number of aryl methyl sites for hydroxylation is 3. The number of carbonyl (C=O) groups is 1. The third-order valence-electron chi connectivity index (χ3n) is 6.09. The molecule has 4 aromatic carbocycles. The van der Waals surface area contributed by atoms with Crippen molar-refractivity contribution in [3.63, 3.8) is 0 Å². The molecule has 0 spiro atoms. The van der Waals surface area contributed by atoms with E-state index in [9.17, 15) is 4.79 Å². The normalized spacial score (nSPS) is 10.7. The Hall–Kier alpha value is -1.98. The fourth-order valence-corrected chi connectivity index (χ4v) is 14.3. The van der Waals surface area contributed by atoms with Crippen molar-refractivity contribution < 1.29 is 9.90 Å². The van der Waals surface area contributed by atoms with Crippen molar-refractivity contribution in [1.29, 1.82) is 0 Å². The summed E-state index contributed by atoms with van der Waals surface area (Å²) in [5.74, 6) is -0.843. The van der Waals surface area contributed by atoms with Crippen LogP contribution in [0.2, 0.25) is 15.1 Å². The Morgan fingerprint density at radius 1 is 0.649 bits per heavy atom. The van der Waals surface area contributed by atoms with Gasteiger partial charge in [0.2, 0.25) is 0 Å². The minimum atomic E-state index is -1.92. The molecule has 1 radical (unpaired) electrons. The van der Waals surface area contributed by atoms with Gasteiger partial charge < -0.3 is 5.11 Å². The van der Waals surface area contributed by atoms with Crippen LogP contribution in [0.1, 0.15) is 43.7 Å². The Morgan fingerprint density at radius 2 is 0.973 bits per heavy atom. The summed E-state index contributed by atoms with van der Waals surface area (Å²) in [6, 6.07) is 28.3. The number of carboxylic acids is 1. The molecule has 4 aromatic rings.